The number of para-hydroxylation sites is 1. The lowest BCUT2D eigenvalue weighted by molar-refractivity contribution is -0.118. The molecule has 2 N–H and O–H groups in total. The third-order valence-corrected chi connectivity index (χ3v) is 4.86. The Morgan fingerprint density at radius 2 is 1.91 bits per heavy atom. The number of hydrogen-bond donors (Lipinski definition) is 2. The van der Waals surface area contributed by atoms with Gasteiger partial charge in [0.1, 0.15) is 0 Å². The number of nitrogens with zero attached hydrogens (tertiary/aromatic N) is 1. The highest BCUT2D eigenvalue weighted by Crippen LogP contribution is 2.31. The molecular weight excluding hydrogens is 290 g/mol. The van der Waals surface area contributed by atoms with Gasteiger partial charge in [0, 0.05) is 17.8 Å². The summed E-state index contributed by atoms with van der Waals surface area (Å²) < 4.78 is 0. The molecule has 0 radical (unpaired) electrons. The fourth-order valence-corrected chi connectivity index (χ4v) is 3.66. The van der Waals surface area contributed by atoms with E-state index in [2.05, 4.69) is 28.5 Å². The average molecular weight is 315 g/mol. The van der Waals surface area contributed by atoms with Crippen molar-refractivity contribution < 1.29 is 9.59 Å². The summed E-state index contributed by atoms with van der Waals surface area (Å²) in [5.41, 5.74) is 2.36. The van der Waals surface area contributed by atoms with Crippen molar-refractivity contribution in [3.8, 4) is 0 Å². The number of carbonyl (C=O) groups excluding carboxylic acids is 2. The minimum atomic E-state index is -0.359. The van der Waals surface area contributed by atoms with Gasteiger partial charge < -0.3 is 10.2 Å². The lowest BCUT2D eigenvalue weighted by Gasteiger charge is -2.25. The number of nitrogens with one attached hydrogen (secondary N) is 2. The van der Waals surface area contributed by atoms with Gasteiger partial charge in [-0.25, -0.2) is 4.79 Å². The van der Waals surface area contributed by atoms with E-state index in [-0.39, 0.29) is 30.6 Å². The van der Waals surface area contributed by atoms with Gasteiger partial charge in [-0.15, -0.1) is 0 Å². The van der Waals surface area contributed by atoms with Gasteiger partial charge in [-0.3, -0.25) is 10.1 Å². The zero-order valence-corrected chi connectivity index (χ0v) is 13.7. The molecule has 2 aliphatic rings. The van der Waals surface area contributed by atoms with Gasteiger partial charge in [-0.05, 0) is 37.8 Å². The summed E-state index contributed by atoms with van der Waals surface area (Å²) in [5.74, 6) is -0.248. The van der Waals surface area contributed by atoms with Crippen LogP contribution in [0.25, 0.3) is 0 Å². The first-order valence-corrected chi connectivity index (χ1v) is 8.58. The van der Waals surface area contributed by atoms with Gasteiger partial charge in [0.25, 0.3) is 0 Å². The van der Waals surface area contributed by atoms with Crippen LogP contribution < -0.4 is 15.5 Å². The molecular formula is C18H25N3O2. The Balaban J connectivity index is 1.52. The van der Waals surface area contributed by atoms with E-state index in [1.54, 1.807) is 0 Å². The van der Waals surface area contributed by atoms with Crippen molar-refractivity contribution in [3.05, 3.63) is 29.8 Å². The van der Waals surface area contributed by atoms with Gasteiger partial charge >= 0.3 is 6.03 Å². The molecule has 0 spiro atoms. The van der Waals surface area contributed by atoms with E-state index in [4.69, 9.17) is 0 Å². The summed E-state index contributed by atoms with van der Waals surface area (Å²) in [6, 6.07) is 8.27. The molecule has 0 saturated heterocycles. The Bertz CT molecular complexity index is 581. The fraction of sp³-hybridized carbons (Fsp3) is 0.556. The van der Waals surface area contributed by atoms with Gasteiger partial charge in [-0.1, -0.05) is 37.5 Å². The van der Waals surface area contributed by atoms with Crippen molar-refractivity contribution in [1.29, 1.82) is 0 Å². The van der Waals surface area contributed by atoms with Crippen LogP contribution in [0.5, 0.6) is 0 Å². The summed E-state index contributed by atoms with van der Waals surface area (Å²) >= 11 is 0. The third kappa shape index (κ3) is 3.84. The number of carbonyl (C=O) groups is 2. The van der Waals surface area contributed by atoms with Gasteiger partial charge in [-0.2, -0.15) is 0 Å². The lowest BCUT2D eigenvalue weighted by Crippen LogP contribution is -2.48. The first kappa shape index (κ1) is 15.8. The second-order valence-electron chi connectivity index (χ2n) is 6.67. The van der Waals surface area contributed by atoms with E-state index < -0.39 is 0 Å². The Kier molecular flexibility index (Phi) is 4.84. The van der Waals surface area contributed by atoms with E-state index >= 15 is 0 Å². The second kappa shape index (κ2) is 7.02. The minimum absolute atomic E-state index is 0.211. The molecule has 0 unspecified atom stereocenters. The van der Waals surface area contributed by atoms with Crippen molar-refractivity contribution >= 4 is 17.6 Å². The molecule has 3 amide bonds. The number of amides is 3. The third-order valence-electron chi connectivity index (χ3n) is 4.86. The van der Waals surface area contributed by atoms with Crippen LogP contribution in [0.2, 0.25) is 0 Å². The average Bonchev–Trinajstić information content (AvgIpc) is 2.84. The molecule has 0 bridgehead atoms. The molecule has 1 aliphatic carbocycles. The molecule has 1 saturated carbocycles. The van der Waals surface area contributed by atoms with Crippen LogP contribution in [0, 0.1) is 0 Å². The molecule has 5 heteroatoms. The number of imide groups is 1. The van der Waals surface area contributed by atoms with E-state index in [0.717, 1.165) is 37.8 Å². The summed E-state index contributed by atoms with van der Waals surface area (Å²) in [6.07, 6.45) is 6.51. The molecule has 1 aliphatic heterocycles. The first-order valence-electron chi connectivity index (χ1n) is 8.58. The summed E-state index contributed by atoms with van der Waals surface area (Å²) in [6.45, 7) is 2.33. The van der Waals surface area contributed by atoms with Crippen LogP contribution in [0.15, 0.2) is 24.3 Å². The molecule has 0 aromatic heterocycles. The number of urea groups is 1. The minimum Gasteiger partial charge on any atom is -0.359 e. The maximum absolute atomic E-state index is 12.2. The second-order valence-corrected chi connectivity index (χ2v) is 6.67. The van der Waals surface area contributed by atoms with E-state index in [1.807, 2.05) is 18.2 Å². The predicted molar refractivity (Wildman–Crippen MR) is 90.5 cm³/mol. The standard InChI is InChI=1S/C18H25N3O2/c1-13-11-14-7-5-6-10-16(14)21(13)12-17(22)20-18(23)19-15-8-3-2-4-9-15/h5-7,10,13,15H,2-4,8-9,11-12H2,1H3,(H2,19,20,22,23)/t13-/m1/s1. The van der Waals surface area contributed by atoms with Crippen molar-refractivity contribution in [2.24, 2.45) is 0 Å². The summed E-state index contributed by atoms with van der Waals surface area (Å²) in [4.78, 5) is 26.2. The molecule has 23 heavy (non-hydrogen) atoms. The molecule has 1 fully saturated rings. The van der Waals surface area contributed by atoms with Gasteiger partial charge in [0.05, 0.1) is 6.54 Å². The molecule has 1 atom stereocenters. The van der Waals surface area contributed by atoms with Crippen LogP contribution in [0.3, 0.4) is 0 Å². The molecule has 1 aromatic rings. The van der Waals surface area contributed by atoms with Crippen molar-refractivity contribution in [2.75, 3.05) is 11.4 Å². The van der Waals surface area contributed by atoms with E-state index in [1.165, 1.54) is 12.0 Å². The first-order chi connectivity index (χ1) is 11.1. The Labute approximate surface area is 137 Å². The van der Waals surface area contributed by atoms with E-state index in [9.17, 15) is 9.59 Å². The molecule has 5 nitrogen and oxygen atoms in total. The molecule has 124 valence electrons. The Hall–Kier alpha value is -2.04. The predicted octanol–water partition coefficient (Wildman–Crippen LogP) is 2.60. The highest BCUT2D eigenvalue weighted by atomic mass is 16.2. The Morgan fingerprint density at radius 3 is 2.70 bits per heavy atom. The highest BCUT2D eigenvalue weighted by molar-refractivity contribution is 5.96. The van der Waals surface area contributed by atoms with Crippen LogP contribution in [-0.4, -0.2) is 30.6 Å². The molecule has 1 aromatic carbocycles. The number of benzene rings is 1. The lowest BCUT2D eigenvalue weighted by atomic mass is 9.96. The highest BCUT2D eigenvalue weighted by Gasteiger charge is 2.27. The van der Waals surface area contributed by atoms with Gasteiger partial charge in [0.2, 0.25) is 5.91 Å². The van der Waals surface area contributed by atoms with Crippen molar-refractivity contribution in [3.63, 3.8) is 0 Å². The molecule has 1 heterocycles. The van der Waals surface area contributed by atoms with Crippen molar-refractivity contribution in [1.82, 2.24) is 10.6 Å². The van der Waals surface area contributed by atoms with E-state index in [0.29, 0.717) is 0 Å². The van der Waals surface area contributed by atoms with Crippen LogP contribution in [0.4, 0.5) is 10.5 Å². The molecule has 3 rings (SSSR count). The number of rotatable bonds is 3. The normalized spacial score (nSPS) is 20.9. The SMILES string of the molecule is C[C@@H]1Cc2ccccc2N1CC(=O)NC(=O)NC1CCCCC1. The van der Waals surface area contributed by atoms with Crippen LogP contribution in [-0.2, 0) is 11.2 Å². The van der Waals surface area contributed by atoms with Crippen LogP contribution >= 0.6 is 0 Å². The van der Waals surface area contributed by atoms with Crippen molar-refractivity contribution in [2.45, 2.75) is 57.5 Å². The zero-order chi connectivity index (χ0) is 16.2. The number of fused-ring (bicyclic) bond motifs is 1. The summed E-state index contributed by atoms with van der Waals surface area (Å²) in [7, 11) is 0. The number of hydrogen-bond acceptors (Lipinski definition) is 3. The topological polar surface area (TPSA) is 61.4 Å². The van der Waals surface area contributed by atoms with Gasteiger partial charge in [0.15, 0.2) is 0 Å². The maximum Gasteiger partial charge on any atom is 0.321 e. The number of anilines is 1. The quantitative estimate of drug-likeness (QED) is 0.901. The smallest absolute Gasteiger partial charge is 0.321 e. The maximum atomic E-state index is 12.2. The fourth-order valence-electron chi connectivity index (χ4n) is 3.66. The summed E-state index contributed by atoms with van der Waals surface area (Å²) in [5, 5.41) is 5.39. The monoisotopic (exact) mass is 315 g/mol. The largest absolute Gasteiger partial charge is 0.359 e. The zero-order valence-electron chi connectivity index (χ0n) is 13.7. The Morgan fingerprint density at radius 1 is 1.17 bits per heavy atom. The van der Waals surface area contributed by atoms with Crippen LogP contribution in [0.1, 0.15) is 44.6 Å².